The fraction of sp³-hybridized carbons (Fsp3) is 0.368. The van der Waals surface area contributed by atoms with E-state index in [1.165, 1.54) is 12.1 Å². The molecule has 2 N–H and O–H groups in total. The molecule has 6 heteroatoms. The van der Waals surface area contributed by atoms with Gasteiger partial charge in [-0.1, -0.05) is 6.07 Å². The summed E-state index contributed by atoms with van der Waals surface area (Å²) < 4.78 is 7.23. The number of hydrogen-bond donors (Lipinski definition) is 2. The average molecular weight is 342 g/mol. The van der Waals surface area contributed by atoms with Crippen molar-refractivity contribution in [3.8, 4) is 5.75 Å². The first kappa shape index (κ1) is 17.2. The van der Waals surface area contributed by atoms with Crippen LogP contribution in [0.15, 0.2) is 35.1 Å². The highest BCUT2D eigenvalue weighted by atomic mass is 16.5. The number of nitrogens with zero attached hydrogens (tertiary/aromatic N) is 1. The predicted molar refractivity (Wildman–Crippen MR) is 95.2 cm³/mol. The zero-order valence-corrected chi connectivity index (χ0v) is 14.4. The fourth-order valence-corrected chi connectivity index (χ4v) is 3.20. The molecule has 1 aliphatic rings. The Hall–Kier alpha value is -2.60. The number of benzene rings is 1. The summed E-state index contributed by atoms with van der Waals surface area (Å²) >= 11 is 0. The molecule has 0 radical (unpaired) electrons. The highest BCUT2D eigenvalue weighted by Crippen LogP contribution is 2.18. The first-order valence-corrected chi connectivity index (χ1v) is 8.38. The Balaban J connectivity index is 1.92. The van der Waals surface area contributed by atoms with Crippen LogP contribution < -0.4 is 10.9 Å². The minimum Gasteiger partial charge on any atom is -0.508 e. The van der Waals surface area contributed by atoms with E-state index < -0.39 is 5.91 Å². The number of aromatic nitrogens is 1. The SMILES string of the molecule is Cc1cc(C)n(C[C@H]2CCCO2)c(=O)c1C(=O)Nc1cccc(O)c1. The van der Waals surface area contributed by atoms with Crippen molar-refractivity contribution in [3.63, 3.8) is 0 Å². The summed E-state index contributed by atoms with van der Waals surface area (Å²) in [5.41, 5.74) is 1.68. The van der Waals surface area contributed by atoms with Gasteiger partial charge in [-0.15, -0.1) is 0 Å². The maximum atomic E-state index is 12.9. The van der Waals surface area contributed by atoms with Crippen LogP contribution in [0, 0.1) is 13.8 Å². The van der Waals surface area contributed by atoms with Gasteiger partial charge in [-0.3, -0.25) is 9.59 Å². The summed E-state index contributed by atoms with van der Waals surface area (Å²) in [7, 11) is 0. The van der Waals surface area contributed by atoms with Gasteiger partial charge >= 0.3 is 0 Å². The number of rotatable bonds is 4. The predicted octanol–water partition coefficient (Wildman–Crippen LogP) is 2.60. The molecule has 3 rings (SSSR count). The number of pyridine rings is 1. The van der Waals surface area contributed by atoms with Gasteiger partial charge in [0.15, 0.2) is 0 Å². The number of ether oxygens (including phenoxy) is 1. The third-order valence-electron chi connectivity index (χ3n) is 4.45. The van der Waals surface area contributed by atoms with E-state index in [-0.39, 0.29) is 23.0 Å². The van der Waals surface area contributed by atoms with Crippen LogP contribution in [0.3, 0.4) is 0 Å². The van der Waals surface area contributed by atoms with Crippen LogP contribution in [0.1, 0.15) is 34.5 Å². The van der Waals surface area contributed by atoms with Crippen LogP contribution in [-0.2, 0) is 11.3 Å². The molecule has 2 heterocycles. The summed E-state index contributed by atoms with van der Waals surface area (Å²) in [5.74, 6) is -0.427. The Bertz CT molecular complexity index is 851. The Labute approximate surface area is 146 Å². The van der Waals surface area contributed by atoms with E-state index in [1.807, 2.05) is 13.0 Å². The second kappa shape index (κ2) is 7.11. The van der Waals surface area contributed by atoms with E-state index in [9.17, 15) is 14.7 Å². The minimum atomic E-state index is -0.478. The van der Waals surface area contributed by atoms with E-state index in [1.54, 1.807) is 23.6 Å². The normalized spacial score (nSPS) is 16.8. The van der Waals surface area contributed by atoms with E-state index in [2.05, 4.69) is 5.32 Å². The van der Waals surface area contributed by atoms with Gasteiger partial charge in [0.25, 0.3) is 11.5 Å². The summed E-state index contributed by atoms with van der Waals surface area (Å²) in [4.78, 5) is 25.5. The number of hydrogen-bond acceptors (Lipinski definition) is 4. The van der Waals surface area contributed by atoms with Crippen molar-refractivity contribution >= 4 is 11.6 Å². The molecule has 1 aromatic carbocycles. The van der Waals surface area contributed by atoms with Crippen LogP contribution in [0.2, 0.25) is 0 Å². The van der Waals surface area contributed by atoms with Gasteiger partial charge in [-0.25, -0.2) is 0 Å². The van der Waals surface area contributed by atoms with Gasteiger partial charge in [0.2, 0.25) is 0 Å². The fourth-order valence-electron chi connectivity index (χ4n) is 3.20. The molecule has 1 aromatic heterocycles. The minimum absolute atomic E-state index is 0.0149. The zero-order valence-electron chi connectivity index (χ0n) is 14.4. The summed E-state index contributed by atoms with van der Waals surface area (Å²) in [6.45, 7) is 4.79. The van der Waals surface area contributed by atoms with Crippen molar-refractivity contribution in [1.29, 1.82) is 0 Å². The topological polar surface area (TPSA) is 80.6 Å². The van der Waals surface area contributed by atoms with Gasteiger partial charge in [-0.2, -0.15) is 0 Å². The molecular weight excluding hydrogens is 320 g/mol. The van der Waals surface area contributed by atoms with E-state index in [0.717, 1.165) is 25.1 Å². The quantitative estimate of drug-likeness (QED) is 0.895. The first-order valence-electron chi connectivity index (χ1n) is 8.38. The zero-order chi connectivity index (χ0) is 18.0. The van der Waals surface area contributed by atoms with Crippen molar-refractivity contribution in [2.75, 3.05) is 11.9 Å². The largest absolute Gasteiger partial charge is 0.508 e. The lowest BCUT2D eigenvalue weighted by molar-refractivity contribution is 0.0947. The average Bonchev–Trinajstić information content (AvgIpc) is 3.04. The standard InChI is InChI=1S/C19H22N2O4/c1-12-9-13(2)21(11-16-7-4-8-25-16)19(24)17(12)18(23)20-14-5-3-6-15(22)10-14/h3,5-6,9-10,16,22H,4,7-8,11H2,1-2H3,(H,20,23)/t16-/m1/s1. The molecule has 1 aliphatic heterocycles. The highest BCUT2D eigenvalue weighted by Gasteiger charge is 2.22. The molecule has 1 amide bonds. The Morgan fingerprint density at radius 3 is 2.84 bits per heavy atom. The number of carbonyl (C=O) groups excluding carboxylic acids is 1. The lowest BCUT2D eigenvalue weighted by Crippen LogP contribution is -2.34. The summed E-state index contributed by atoms with van der Waals surface area (Å²) in [6, 6.07) is 8.08. The molecule has 0 bridgehead atoms. The summed E-state index contributed by atoms with van der Waals surface area (Å²) in [5, 5.41) is 12.2. The number of aromatic hydroxyl groups is 1. The molecule has 0 saturated carbocycles. The van der Waals surface area contributed by atoms with Crippen molar-refractivity contribution < 1.29 is 14.6 Å². The molecule has 0 unspecified atom stereocenters. The van der Waals surface area contributed by atoms with Crippen LogP contribution in [0.5, 0.6) is 5.75 Å². The van der Waals surface area contributed by atoms with Crippen molar-refractivity contribution in [1.82, 2.24) is 4.57 Å². The van der Waals surface area contributed by atoms with Crippen LogP contribution in [-0.4, -0.2) is 28.3 Å². The highest BCUT2D eigenvalue weighted by molar-refractivity contribution is 6.05. The molecule has 0 spiro atoms. The van der Waals surface area contributed by atoms with Crippen molar-refractivity contribution in [3.05, 3.63) is 57.5 Å². The molecule has 0 aliphatic carbocycles. The molecule has 132 valence electrons. The number of aryl methyl sites for hydroxylation is 2. The van der Waals surface area contributed by atoms with E-state index >= 15 is 0 Å². The molecular formula is C19H22N2O4. The number of phenols is 1. The van der Waals surface area contributed by atoms with Gasteiger partial charge in [-0.05, 0) is 50.5 Å². The van der Waals surface area contributed by atoms with Crippen molar-refractivity contribution in [2.45, 2.75) is 39.3 Å². The van der Waals surface area contributed by atoms with Crippen molar-refractivity contribution in [2.24, 2.45) is 0 Å². The second-order valence-electron chi connectivity index (χ2n) is 6.40. The molecule has 2 aromatic rings. The molecule has 6 nitrogen and oxygen atoms in total. The molecule has 25 heavy (non-hydrogen) atoms. The number of nitrogens with one attached hydrogen (secondary N) is 1. The van der Waals surface area contributed by atoms with Gasteiger partial charge in [0.1, 0.15) is 11.3 Å². The Morgan fingerprint density at radius 2 is 2.16 bits per heavy atom. The molecule has 1 saturated heterocycles. The number of amides is 1. The summed E-state index contributed by atoms with van der Waals surface area (Å²) in [6.07, 6.45) is 1.93. The first-order chi connectivity index (χ1) is 12.0. The van der Waals surface area contributed by atoms with Gasteiger partial charge in [0, 0.05) is 24.1 Å². The maximum absolute atomic E-state index is 12.9. The molecule has 1 fully saturated rings. The number of carbonyl (C=O) groups is 1. The van der Waals surface area contributed by atoms with Gasteiger partial charge in [0.05, 0.1) is 12.6 Å². The van der Waals surface area contributed by atoms with Crippen LogP contribution in [0.4, 0.5) is 5.69 Å². The Kier molecular flexibility index (Phi) is 4.90. The van der Waals surface area contributed by atoms with E-state index in [0.29, 0.717) is 17.8 Å². The van der Waals surface area contributed by atoms with E-state index in [4.69, 9.17) is 4.74 Å². The number of phenolic OH excluding ortho intramolecular Hbond substituents is 1. The Morgan fingerprint density at radius 1 is 1.36 bits per heavy atom. The maximum Gasteiger partial charge on any atom is 0.263 e. The molecule has 1 atom stereocenters. The third kappa shape index (κ3) is 3.74. The lowest BCUT2D eigenvalue weighted by atomic mass is 10.1. The van der Waals surface area contributed by atoms with Crippen LogP contribution in [0.25, 0.3) is 0 Å². The monoisotopic (exact) mass is 342 g/mol. The lowest BCUT2D eigenvalue weighted by Gasteiger charge is -2.17. The van der Waals surface area contributed by atoms with Crippen LogP contribution >= 0.6 is 0 Å². The number of anilines is 1. The smallest absolute Gasteiger partial charge is 0.263 e. The third-order valence-corrected chi connectivity index (χ3v) is 4.45. The second-order valence-corrected chi connectivity index (χ2v) is 6.40. The van der Waals surface area contributed by atoms with Gasteiger partial charge < -0.3 is 19.7 Å².